The van der Waals surface area contributed by atoms with Gasteiger partial charge in [-0.1, -0.05) is 43.0 Å². The van der Waals surface area contributed by atoms with Crippen molar-refractivity contribution in [1.82, 2.24) is 9.80 Å². The quantitative estimate of drug-likeness (QED) is 0.839. The monoisotopic (exact) mass is 391 g/mol. The van der Waals surface area contributed by atoms with Gasteiger partial charge < -0.3 is 15.5 Å². The molecule has 2 amide bonds. The summed E-state index contributed by atoms with van der Waals surface area (Å²) in [5.41, 5.74) is 6.99. The Balaban J connectivity index is 1.48. The molecular formula is C21H30ClN3O2. The molecule has 0 bridgehead atoms. The van der Waals surface area contributed by atoms with E-state index in [0.29, 0.717) is 50.6 Å². The Hall–Kier alpha value is -1.59. The van der Waals surface area contributed by atoms with Crippen molar-refractivity contribution in [3.8, 4) is 0 Å². The molecule has 0 unspecified atom stereocenters. The van der Waals surface area contributed by atoms with Crippen LogP contribution in [-0.4, -0.2) is 54.3 Å². The van der Waals surface area contributed by atoms with Gasteiger partial charge in [0.1, 0.15) is 0 Å². The molecule has 148 valence electrons. The van der Waals surface area contributed by atoms with Crippen molar-refractivity contribution in [2.24, 2.45) is 11.1 Å². The Morgan fingerprint density at radius 1 is 0.926 bits per heavy atom. The zero-order valence-corrected chi connectivity index (χ0v) is 16.7. The second-order valence-electron chi connectivity index (χ2n) is 8.01. The molecule has 3 rings (SSSR count). The van der Waals surface area contributed by atoms with Gasteiger partial charge >= 0.3 is 0 Å². The smallest absolute Gasteiger partial charge is 0.227 e. The van der Waals surface area contributed by atoms with Gasteiger partial charge in [0, 0.05) is 37.6 Å². The number of hydrogen-bond donors (Lipinski definition) is 1. The minimum Gasteiger partial charge on any atom is -0.339 e. The summed E-state index contributed by atoms with van der Waals surface area (Å²) in [5, 5.41) is 0.673. The molecule has 1 saturated carbocycles. The van der Waals surface area contributed by atoms with Crippen molar-refractivity contribution in [2.75, 3.05) is 32.7 Å². The second-order valence-corrected chi connectivity index (χ2v) is 8.44. The third kappa shape index (κ3) is 5.23. The van der Waals surface area contributed by atoms with Crippen LogP contribution in [0.25, 0.3) is 0 Å². The Bertz CT molecular complexity index is 648. The molecule has 0 aromatic heterocycles. The molecule has 2 aliphatic rings. The zero-order chi connectivity index (χ0) is 19.3. The standard InChI is InChI=1S/C21H30ClN3O2/c22-18-6-4-17(5-7-18)14-19(26)24-10-12-25(13-11-24)20(27)15-21(16-23)8-2-1-3-9-21/h4-7H,1-3,8-16,23H2. The Kier molecular flexibility index (Phi) is 6.77. The number of amides is 2. The first kappa shape index (κ1) is 20.2. The third-order valence-corrected chi connectivity index (χ3v) is 6.38. The lowest BCUT2D eigenvalue weighted by molar-refractivity contribution is -0.141. The summed E-state index contributed by atoms with van der Waals surface area (Å²) < 4.78 is 0. The van der Waals surface area contributed by atoms with Gasteiger partial charge in [0.25, 0.3) is 0 Å². The molecule has 0 atom stereocenters. The molecule has 2 fully saturated rings. The molecule has 0 radical (unpaired) electrons. The fourth-order valence-corrected chi connectivity index (χ4v) is 4.41. The fraction of sp³-hybridized carbons (Fsp3) is 0.619. The summed E-state index contributed by atoms with van der Waals surface area (Å²) in [7, 11) is 0. The van der Waals surface area contributed by atoms with Crippen molar-refractivity contribution >= 4 is 23.4 Å². The Morgan fingerprint density at radius 3 is 2.04 bits per heavy atom. The van der Waals surface area contributed by atoms with Crippen molar-refractivity contribution in [3.05, 3.63) is 34.9 Å². The van der Waals surface area contributed by atoms with Crippen LogP contribution in [0.15, 0.2) is 24.3 Å². The molecular weight excluding hydrogens is 362 g/mol. The predicted molar refractivity (Wildman–Crippen MR) is 108 cm³/mol. The largest absolute Gasteiger partial charge is 0.339 e. The first-order valence-electron chi connectivity index (χ1n) is 10.0. The van der Waals surface area contributed by atoms with Crippen molar-refractivity contribution < 1.29 is 9.59 Å². The number of halogens is 1. The van der Waals surface area contributed by atoms with Crippen LogP contribution in [-0.2, 0) is 16.0 Å². The number of hydrogen-bond acceptors (Lipinski definition) is 3. The van der Waals surface area contributed by atoms with Crippen LogP contribution in [0.1, 0.15) is 44.1 Å². The van der Waals surface area contributed by atoms with Crippen molar-refractivity contribution in [3.63, 3.8) is 0 Å². The molecule has 5 nitrogen and oxygen atoms in total. The van der Waals surface area contributed by atoms with Gasteiger partial charge in [-0.05, 0) is 42.5 Å². The minimum atomic E-state index is -0.00310. The molecule has 1 aliphatic carbocycles. The number of nitrogens with two attached hydrogens (primary N) is 1. The van der Waals surface area contributed by atoms with Gasteiger partial charge in [0.2, 0.25) is 11.8 Å². The van der Waals surface area contributed by atoms with Crippen LogP contribution in [0, 0.1) is 5.41 Å². The summed E-state index contributed by atoms with van der Waals surface area (Å²) in [4.78, 5) is 29.1. The summed E-state index contributed by atoms with van der Waals surface area (Å²) in [6.45, 7) is 3.04. The van der Waals surface area contributed by atoms with Gasteiger partial charge in [0.05, 0.1) is 6.42 Å². The molecule has 1 heterocycles. The summed E-state index contributed by atoms with van der Waals surface area (Å²) in [5.74, 6) is 0.308. The molecule has 2 N–H and O–H groups in total. The fourth-order valence-electron chi connectivity index (χ4n) is 4.28. The highest BCUT2D eigenvalue weighted by Crippen LogP contribution is 2.38. The van der Waals surface area contributed by atoms with Crippen LogP contribution in [0.5, 0.6) is 0 Å². The molecule has 27 heavy (non-hydrogen) atoms. The lowest BCUT2D eigenvalue weighted by atomic mass is 9.71. The molecule has 0 spiro atoms. The van der Waals surface area contributed by atoms with E-state index >= 15 is 0 Å². The molecule has 6 heteroatoms. The SMILES string of the molecule is NCC1(CC(=O)N2CCN(C(=O)Cc3ccc(Cl)cc3)CC2)CCCCC1. The normalized spacial score (nSPS) is 19.8. The zero-order valence-electron chi connectivity index (χ0n) is 16.0. The third-order valence-electron chi connectivity index (χ3n) is 6.13. The van der Waals surface area contributed by atoms with Gasteiger partial charge in [-0.25, -0.2) is 0 Å². The van der Waals surface area contributed by atoms with Gasteiger partial charge in [0.15, 0.2) is 0 Å². The lowest BCUT2D eigenvalue weighted by Gasteiger charge is -2.39. The number of carbonyl (C=O) groups is 2. The van der Waals surface area contributed by atoms with E-state index in [2.05, 4.69) is 0 Å². The summed E-state index contributed by atoms with van der Waals surface area (Å²) >= 11 is 5.89. The molecule has 1 aliphatic heterocycles. The van der Waals surface area contributed by atoms with E-state index in [1.54, 1.807) is 12.1 Å². The average Bonchev–Trinajstić information content (AvgIpc) is 2.70. The van der Waals surface area contributed by atoms with E-state index < -0.39 is 0 Å². The maximum absolute atomic E-state index is 12.8. The van der Waals surface area contributed by atoms with Crippen LogP contribution in [0.2, 0.25) is 5.02 Å². The van der Waals surface area contributed by atoms with Gasteiger partial charge in [-0.2, -0.15) is 0 Å². The summed E-state index contributed by atoms with van der Waals surface area (Å²) in [6, 6.07) is 7.38. The van der Waals surface area contributed by atoms with Crippen LogP contribution >= 0.6 is 11.6 Å². The summed E-state index contributed by atoms with van der Waals surface area (Å²) in [6.07, 6.45) is 6.67. The lowest BCUT2D eigenvalue weighted by Crippen LogP contribution is -2.52. The molecule has 1 aromatic rings. The van der Waals surface area contributed by atoms with Gasteiger partial charge in [-0.15, -0.1) is 0 Å². The van der Waals surface area contributed by atoms with E-state index in [0.717, 1.165) is 18.4 Å². The first-order valence-corrected chi connectivity index (χ1v) is 10.4. The van der Waals surface area contributed by atoms with Crippen LogP contribution in [0.3, 0.4) is 0 Å². The average molecular weight is 392 g/mol. The molecule has 1 saturated heterocycles. The maximum Gasteiger partial charge on any atom is 0.227 e. The van der Waals surface area contributed by atoms with Crippen molar-refractivity contribution in [1.29, 1.82) is 0 Å². The van der Waals surface area contributed by atoms with E-state index in [1.165, 1.54) is 19.3 Å². The number of carbonyl (C=O) groups excluding carboxylic acids is 2. The first-order chi connectivity index (χ1) is 13.0. The second kappa shape index (κ2) is 9.07. The Morgan fingerprint density at radius 2 is 1.48 bits per heavy atom. The minimum absolute atomic E-state index is 0.00310. The van der Waals surface area contributed by atoms with Crippen LogP contribution < -0.4 is 5.73 Å². The predicted octanol–water partition coefficient (Wildman–Crippen LogP) is 2.85. The Labute approximate surface area is 166 Å². The van der Waals surface area contributed by atoms with Gasteiger partial charge in [-0.3, -0.25) is 9.59 Å². The highest BCUT2D eigenvalue weighted by molar-refractivity contribution is 6.30. The topological polar surface area (TPSA) is 66.6 Å². The van der Waals surface area contributed by atoms with Crippen LogP contribution in [0.4, 0.5) is 0 Å². The number of benzene rings is 1. The highest BCUT2D eigenvalue weighted by atomic mass is 35.5. The van der Waals surface area contributed by atoms with E-state index in [-0.39, 0.29) is 17.2 Å². The van der Waals surface area contributed by atoms with E-state index in [1.807, 2.05) is 21.9 Å². The number of rotatable bonds is 5. The van der Waals surface area contributed by atoms with E-state index in [9.17, 15) is 9.59 Å². The highest BCUT2D eigenvalue weighted by Gasteiger charge is 2.35. The maximum atomic E-state index is 12.8. The molecule has 1 aromatic carbocycles. The number of nitrogens with zero attached hydrogens (tertiary/aromatic N) is 2. The van der Waals surface area contributed by atoms with E-state index in [4.69, 9.17) is 17.3 Å². The van der Waals surface area contributed by atoms with Crippen molar-refractivity contribution in [2.45, 2.75) is 44.9 Å². The number of piperazine rings is 1.